The molecule has 0 unspecified atom stereocenters. The highest BCUT2D eigenvalue weighted by atomic mass is 19.3. The lowest BCUT2D eigenvalue weighted by molar-refractivity contribution is -0.129. The number of carbonyl (C=O) groups excluding carboxylic acids is 1. The van der Waals surface area contributed by atoms with Crippen molar-refractivity contribution < 1.29 is 18.4 Å². The summed E-state index contributed by atoms with van der Waals surface area (Å²) < 4.78 is 23.7. The number of amides is 2. The summed E-state index contributed by atoms with van der Waals surface area (Å²) in [7, 11) is 0. The van der Waals surface area contributed by atoms with Gasteiger partial charge < -0.3 is 5.73 Å². The van der Waals surface area contributed by atoms with Crippen molar-refractivity contribution in [2.45, 2.75) is 6.61 Å². The second-order valence-corrected chi connectivity index (χ2v) is 2.33. The Labute approximate surface area is 78.8 Å². The normalized spacial score (nSPS) is 10.2. The quantitative estimate of drug-likeness (QED) is 0.759. The Kier molecular flexibility index (Phi) is 3.35. The molecule has 76 valence electrons. The highest BCUT2D eigenvalue weighted by Gasteiger charge is 2.17. The lowest BCUT2D eigenvalue weighted by Gasteiger charge is -2.18. The Morgan fingerprint density at radius 2 is 1.93 bits per heavy atom. The number of anilines is 1. The fourth-order valence-corrected chi connectivity index (χ4v) is 0.883. The van der Waals surface area contributed by atoms with Crippen LogP contribution >= 0.6 is 0 Å². The van der Waals surface area contributed by atoms with E-state index in [2.05, 4.69) is 4.84 Å². The molecule has 0 atom stereocenters. The van der Waals surface area contributed by atoms with Crippen molar-refractivity contribution in [3.8, 4) is 0 Å². The second-order valence-electron chi connectivity index (χ2n) is 2.33. The lowest BCUT2D eigenvalue weighted by atomic mass is 10.3. The van der Waals surface area contributed by atoms with Crippen LogP contribution in [-0.4, -0.2) is 12.6 Å². The summed E-state index contributed by atoms with van der Waals surface area (Å²) in [5, 5.41) is 0.338. The summed E-state index contributed by atoms with van der Waals surface area (Å²) in [4.78, 5) is 14.6. The van der Waals surface area contributed by atoms with Gasteiger partial charge in [-0.3, -0.25) is 0 Å². The molecule has 0 saturated carbocycles. The SMILES string of the molecule is NC(=O)N(OC(F)F)c1ccccc1. The van der Waals surface area contributed by atoms with E-state index in [1.54, 1.807) is 18.2 Å². The molecule has 0 aliphatic heterocycles. The number of primary amides is 1. The fourth-order valence-electron chi connectivity index (χ4n) is 0.883. The van der Waals surface area contributed by atoms with Gasteiger partial charge in [0.15, 0.2) is 0 Å². The van der Waals surface area contributed by atoms with Gasteiger partial charge in [-0.15, -0.1) is 0 Å². The maximum Gasteiger partial charge on any atom is 0.365 e. The van der Waals surface area contributed by atoms with Crippen LogP contribution in [0, 0.1) is 0 Å². The minimum Gasteiger partial charge on any atom is -0.349 e. The van der Waals surface area contributed by atoms with Crippen molar-refractivity contribution in [3.63, 3.8) is 0 Å². The summed E-state index contributed by atoms with van der Waals surface area (Å²) in [6, 6.07) is 6.56. The number of hydrogen-bond donors (Lipinski definition) is 1. The summed E-state index contributed by atoms with van der Waals surface area (Å²) in [6.45, 7) is -3.09. The van der Waals surface area contributed by atoms with Gasteiger partial charge in [0.05, 0.1) is 5.69 Å². The van der Waals surface area contributed by atoms with Crippen LogP contribution in [0.25, 0.3) is 0 Å². The number of nitrogens with zero attached hydrogens (tertiary/aromatic N) is 1. The van der Waals surface area contributed by atoms with Crippen LogP contribution in [0.3, 0.4) is 0 Å². The van der Waals surface area contributed by atoms with E-state index in [9.17, 15) is 13.6 Å². The van der Waals surface area contributed by atoms with Crippen molar-refractivity contribution in [1.82, 2.24) is 0 Å². The number of urea groups is 1. The maximum atomic E-state index is 11.9. The van der Waals surface area contributed by atoms with Gasteiger partial charge in [-0.1, -0.05) is 18.2 Å². The standard InChI is InChI=1S/C8H8F2N2O2/c9-7(10)14-12(8(11)13)6-4-2-1-3-5-6/h1-5,7H,(H2,11,13). The summed E-state index contributed by atoms with van der Waals surface area (Å²) in [5.74, 6) is 0. The van der Waals surface area contributed by atoms with Crippen molar-refractivity contribution in [2.24, 2.45) is 5.73 Å². The number of rotatable bonds is 3. The molecular weight excluding hydrogens is 194 g/mol. The Balaban J connectivity index is 2.84. The lowest BCUT2D eigenvalue weighted by Crippen LogP contribution is -2.37. The first kappa shape index (κ1) is 10.4. The zero-order valence-corrected chi connectivity index (χ0v) is 7.06. The van der Waals surface area contributed by atoms with E-state index in [0.717, 1.165) is 0 Å². The first-order valence-corrected chi connectivity index (χ1v) is 3.71. The van der Waals surface area contributed by atoms with Crippen LogP contribution in [0.1, 0.15) is 0 Å². The molecule has 0 spiro atoms. The number of carbonyl (C=O) groups is 1. The Bertz CT molecular complexity index is 305. The second kappa shape index (κ2) is 4.52. The van der Waals surface area contributed by atoms with Gasteiger partial charge >= 0.3 is 12.6 Å². The first-order valence-electron chi connectivity index (χ1n) is 3.71. The first-order chi connectivity index (χ1) is 6.61. The third kappa shape index (κ3) is 2.67. The van der Waals surface area contributed by atoms with Crippen LogP contribution in [0.15, 0.2) is 30.3 Å². The number of para-hydroxylation sites is 1. The minimum absolute atomic E-state index is 0.153. The van der Waals surface area contributed by atoms with Crippen LogP contribution in [0.4, 0.5) is 19.3 Å². The molecule has 0 heterocycles. The largest absolute Gasteiger partial charge is 0.365 e. The van der Waals surface area contributed by atoms with Crippen LogP contribution in [0.5, 0.6) is 0 Å². The van der Waals surface area contributed by atoms with Crippen LogP contribution < -0.4 is 10.8 Å². The number of hydroxylamine groups is 1. The number of halogens is 2. The highest BCUT2D eigenvalue weighted by Crippen LogP contribution is 2.15. The smallest absolute Gasteiger partial charge is 0.349 e. The molecule has 0 radical (unpaired) electrons. The zero-order chi connectivity index (χ0) is 10.6. The number of hydrogen-bond acceptors (Lipinski definition) is 2. The van der Waals surface area contributed by atoms with Crippen molar-refractivity contribution in [3.05, 3.63) is 30.3 Å². The summed E-state index contributed by atoms with van der Waals surface area (Å²) >= 11 is 0. The summed E-state index contributed by atoms with van der Waals surface area (Å²) in [5.41, 5.74) is 5.00. The monoisotopic (exact) mass is 202 g/mol. The van der Waals surface area contributed by atoms with Gasteiger partial charge in [0, 0.05) is 0 Å². The Hall–Kier alpha value is -1.69. The molecule has 0 bridgehead atoms. The van der Waals surface area contributed by atoms with E-state index in [4.69, 9.17) is 5.73 Å². The average Bonchev–Trinajstić information content (AvgIpc) is 2.15. The average molecular weight is 202 g/mol. The van der Waals surface area contributed by atoms with Gasteiger partial charge in [-0.05, 0) is 12.1 Å². The zero-order valence-electron chi connectivity index (χ0n) is 7.06. The third-order valence-electron chi connectivity index (χ3n) is 1.38. The summed E-state index contributed by atoms with van der Waals surface area (Å²) in [6.07, 6.45) is 0. The van der Waals surface area contributed by atoms with E-state index in [-0.39, 0.29) is 5.69 Å². The molecule has 2 amide bonds. The van der Waals surface area contributed by atoms with Crippen molar-refractivity contribution >= 4 is 11.7 Å². The number of alkyl halides is 2. The molecule has 4 nitrogen and oxygen atoms in total. The van der Waals surface area contributed by atoms with E-state index in [0.29, 0.717) is 5.06 Å². The van der Waals surface area contributed by atoms with Gasteiger partial charge in [0.25, 0.3) is 0 Å². The predicted octanol–water partition coefficient (Wildman–Crippen LogP) is 1.73. The molecule has 0 saturated heterocycles. The topological polar surface area (TPSA) is 55.6 Å². The number of nitrogens with two attached hydrogens (primary N) is 1. The molecule has 0 aromatic heterocycles. The van der Waals surface area contributed by atoms with E-state index < -0.39 is 12.6 Å². The van der Waals surface area contributed by atoms with E-state index >= 15 is 0 Å². The molecule has 1 aromatic carbocycles. The third-order valence-corrected chi connectivity index (χ3v) is 1.38. The molecule has 0 fully saturated rings. The van der Waals surface area contributed by atoms with Crippen LogP contribution in [0.2, 0.25) is 0 Å². The van der Waals surface area contributed by atoms with Gasteiger partial charge in [0.2, 0.25) is 0 Å². The molecule has 6 heteroatoms. The molecule has 1 rings (SSSR count). The van der Waals surface area contributed by atoms with Gasteiger partial charge in [-0.2, -0.15) is 18.7 Å². The van der Waals surface area contributed by atoms with Crippen LogP contribution in [-0.2, 0) is 4.84 Å². The Morgan fingerprint density at radius 3 is 2.36 bits per heavy atom. The molecule has 0 aliphatic carbocycles. The Morgan fingerprint density at radius 1 is 1.36 bits per heavy atom. The van der Waals surface area contributed by atoms with Gasteiger partial charge in [-0.25, -0.2) is 4.79 Å². The molecule has 0 aliphatic rings. The van der Waals surface area contributed by atoms with E-state index in [1.807, 2.05) is 0 Å². The van der Waals surface area contributed by atoms with Crippen molar-refractivity contribution in [1.29, 1.82) is 0 Å². The highest BCUT2D eigenvalue weighted by molar-refractivity contribution is 5.88. The van der Waals surface area contributed by atoms with Crippen molar-refractivity contribution in [2.75, 3.05) is 5.06 Å². The van der Waals surface area contributed by atoms with Gasteiger partial charge in [0.1, 0.15) is 0 Å². The minimum atomic E-state index is -3.09. The molecule has 14 heavy (non-hydrogen) atoms. The molecular formula is C8H8F2N2O2. The fraction of sp³-hybridized carbons (Fsp3) is 0.125. The molecule has 2 N–H and O–H groups in total. The molecule has 1 aromatic rings. The maximum absolute atomic E-state index is 11.9. The van der Waals surface area contributed by atoms with E-state index in [1.165, 1.54) is 12.1 Å². The number of benzene rings is 1. The predicted molar refractivity (Wildman–Crippen MR) is 45.6 cm³/mol.